The highest BCUT2D eigenvalue weighted by Gasteiger charge is 2.26. The molecule has 0 aromatic carbocycles. The lowest BCUT2D eigenvalue weighted by atomic mass is 10.0. The monoisotopic (exact) mass is 343 g/mol. The first-order valence-electron chi connectivity index (χ1n) is 8.62. The van der Waals surface area contributed by atoms with Crippen LogP contribution in [0.3, 0.4) is 0 Å². The van der Waals surface area contributed by atoms with Gasteiger partial charge in [0.15, 0.2) is 5.82 Å². The minimum Gasteiger partial charge on any atom is -0.467 e. The van der Waals surface area contributed by atoms with Gasteiger partial charge in [-0.15, -0.1) is 5.10 Å². The average molecular weight is 343 g/mol. The second-order valence-corrected chi connectivity index (χ2v) is 6.57. The fourth-order valence-electron chi connectivity index (χ4n) is 3.17. The molecule has 3 heterocycles. The number of hydrogen-bond donors (Lipinski definition) is 0. The number of likely N-dealkylation sites (N-methyl/N-ethyl adjacent to an activating group) is 2. The molecule has 0 bridgehead atoms. The number of rotatable bonds is 6. The van der Waals surface area contributed by atoms with E-state index in [9.17, 15) is 4.79 Å². The molecule has 1 fully saturated rings. The summed E-state index contributed by atoms with van der Waals surface area (Å²) in [6.45, 7) is 2.74. The number of nitrogens with zero attached hydrogens (tertiary/aromatic N) is 5. The van der Waals surface area contributed by atoms with Crippen LogP contribution in [-0.2, 0) is 11.3 Å². The first-order valence-corrected chi connectivity index (χ1v) is 8.62. The molecular formula is C18H25N5O2. The van der Waals surface area contributed by atoms with Gasteiger partial charge in [-0.05, 0) is 44.2 Å². The molecule has 0 saturated carbocycles. The van der Waals surface area contributed by atoms with E-state index in [4.69, 9.17) is 4.42 Å². The average Bonchev–Trinajstić information content (AvgIpc) is 3.15. The van der Waals surface area contributed by atoms with E-state index < -0.39 is 0 Å². The summed E-state index contributed by atoms with van der Waals surface area (Å²) in [7, 11) is 3.83. The molecular weight excluding hydrogens is 318 g/mol. The zero-order chi connectivity index (χ0) is 17.6. The van der Waals surface area contributed by atoms with Crippen LogP contribution in [-0.4, -0.2) is 65.7 Å². The number of hydrogen-bond acceptors (Lipinski definition) is 6. The number of piperidine rings is 1. The van der Waals surface area contributed by atoms with Crippen molar-refractivity contribution >= 4 is 11.7 Å². The summed E-state index contributed by atoms with van der Waals surface area (Å²) < 4.78 is 5.31. The van der Waals surface area contributed by atoms with Crippen LogP contribution < -0.4 is 4.90 Å². The van der Waals surface area contributed by atoms with Gasteiger partial charge in [0.05, 0.1) is 19.4 Å². The molecule has 1 amide bonds. The van der Waals surface area contributed by atoms with Gasteiger partial charge in [0.2, 0.25) is 5.91 Å². The lowest BCUT2D eigenvalue weighted by Crippen LogP contribution is -2.49. The number of amides is 1. The molecule has 0 radical (unpaired) electrons. The Morgan fingerprint density at radius 1 is 1.36 bits per heavy atom. The smallest absolute Gasteiger partial charge is 0.236 e. The van der Waals surface area contributed by atoms with Crippen LogP contribution in [0.15, 0.2) is 41.1 Å². The van der Waals surface area contributed by atoms with E-state index in [0.717, 1.165) is 37.5 Å². The van der Waals surface area contributed by atoms with Gasteiger partial charge in [-0.2, -0.15) is 5.10 Å². The van der Waals surface area contributed by atoms with Crippen LogP contribution in [0.1, 0.15) is 18.6 Å². The number of carbonyl (C=O) groups is 1. The Morgan fingerprint density at radius 2 is 2.24 bits per heavy atom. The Bertz CT molecular complexity index is 661. The summed E-state index contributed by atoms with van der Waals surface area (Å²) in [5, 5.41) is 8.16. The maximum atomic E-state index is 12.5. The van der Waals surface area contributed by atoms with Crippen LogP contribution in [0.2, 0.25) is 0 Å². The molecule has 7 nitrogen and oxygen atoms in total. The highest BCUT2D eigenvalue weighted by atomic mass is 16.3. The van der Waals surface area contributed by atoms with Gasteiger partial charge in [0.1, 0.15) is 5.76 Å². The zero-order valence-electron chi connectivity index (χ0n) is 14.8. The maximum absolute atomic E-state index is 12.5. The topological polar surface area (TPSA) is 65.7 Å². The molecule has 0 spiro atoms. The van der Waals surface area contributed by atoms with Crippen LogP contribution in [0.4, 0.5) is 5.82 Å². The molecule has 7 heteroatoms. The van der Waals surface area contributed by atoms with Crippen molar-refractivity contribution in [3.63, 3.8) is 0 Å². The molecule has 2 aromatic heterocycles. The van der Waals surface area contributed by atoms with Crippen molar-refractivity contribution < 1.29 is 9.21 Å². The van der Waals surface area contributed by atoms with E-state index in [1.807, 2.05) is 38.4 Å². The van der Waals surface area contributed by atoms with Crippen molar-refractivity contribution in [2.45, 2.75) is 25.4 Å². The standard InChI is InChI=1S/C18H25N5O2/c1-21(14-18(24)22(2)13-16-7-5-11-25-16)15-6-4-10-23(12-15)17-8-3-9-19-20-17/h3,5,7-9,11,15H,4,6,10,12-14H2,1-2H3. The van der Waals surface area contributed by atoms with E-state index in [-0.39, 0.29) is 5.91 Å². The highest BCUT2D eigenvalue weighted by molar-refractivity contribution is 5.77. The number of carbonyl (C=O) groups excluding carboxylic acids is 1. The molecule has 1 aliphatic heterocycles. The molecule has 0 aliphatic carbocycles. The molecule has 25 heavy (non-hydrogen) atoms. The first-order chi connectivity index (χ1) is 12.1. The molecule has 1 atom stereocenters. The molecule has 3 rings (SSSR count). The summed E-state index contributed by atoms with van der Waals surface area (Å²) in [4.78, 5) is 18.6. The molecule has 1 saturated heterocycles. The third kappa shape index (κ3) is 4.57. The zero-order valence-corrected chi connectivity index (χ0v) is 14.8. The summed E-state index contributed by atoms with van der Waals surface area (Å²) in [5.41, 5.74) is 0. The van der Waals surface area contributed by atoms with Gasteiger partial charge >= 0.3 is 0 Å². The normalized spacial score (nSPS) is 17.7. The SMILES string of the molecule is CN(Cc1ccco1)C(=O)CN(C)C1CCCN(c2cccnn2)C1. The van der Waals surface area contributed by atoms with Crippen LogP contribution >= 0.6 is 0 Å². The fourth-order valence-corrected chi connectivity index (χ4v) is 3.17. The summed E-state index contributed by atoms with van der Waals surface area (Å²) in [5.74, 6) is 1.79. The quantitative estimate of drug-likeness (QED) is 0.794. The highest BCUT2D eigenvalue weighted by Crippen LogP contribution is 2.19. The summed E-state index contributed by atoms with van der Waals surface area (Å²) in [6, 6.07) is 7.94. The Labute approximate surface area is 148 Å². The maximum Gasteiger partial charge on any atom is 0.236 e. The van der Waals surface area contributed by atoms with Crippen molar-refractivity contribution in [3.8, 4) is 0 Å². The summed E-state index contributed by atoms with van der Waals surface area (Å²) in [6.07, 6.45) is 5.48. The lowest BCUT2D eigenvalue weighted by Gasteiger charge is -2.38. The van der Waals surface area contributed by atoms with Crippen molar-refractivity contribution in [1.29, 1.82) is 0 Å². The van der Waals surface area contributed by atoms with Gasteiger partial charge in [0.25, 0.3) is 0 Å². The Balaban J connectivity index is 1.53. The predicted molar refractivity (Wildman–Crippen MR) is 95.1 cm³/mol. The third-order valence-electron chi connectivity index (χ3n) is 4.69. The van der Waals surface area contributed by atoms with Crippen molar-refractivity contribution in [2.24, 2.45) is 0 Å². The third-order valence-corrected chi connectivity index (χ3v) is 4.69. The molecule has 2 aromatic rings. The van der Waals surface area contributed by atoms with Crippen LogP contribution in [0, 0.1) is 0 Å². The van der Waals surface area contributed by atoms with E-state index >= 15 is 0 Å². The Hall–Kier alpha value is -2.41. The molecule has 1 aliphatic rings. The van der Waals surface area contributed by atoms with Crippen LogP contribution in [0.5, 0.6) is 0 Å². The van der Waals surface area contributed by atoms with Crippen LogP contribution in [0.25, 0.3) is 0 Å². The van der Waals surface area contributed by atoms with E-state index in [2.05, 4.69) is 20.0 Å². The van der Waals surface area contributed by atoms with Crippen molar-refractivity contribution in [3.05, 3.63) is 42.5 Å². The molecule has 0 N–H and O–H groups in total. The Morgan fingerprint density at radius 3 is 2.96 bits per heavy atom. The fraction of sp³-hybridized carbons (Fsp3) is 0.500. The van der Waals surface area contributed by atoms with Gasteiger partial charge in [-0.1, -0.05) is 0 Å². The van der Waals surface area contributed by atoms with Crippen molar-refractivity contribution in [1.82, 2.24) is 20.0 Å². The lowest BCUT2D eigenvalue weighted by molar-refractivity contribution is -0.132. The molecule has 1 unspecified atom stereocenters. The van der Waals surface area contributed by atoms with E-state index in [1.165, 1.54) is 0 Å². The van der Waals surface area contributed by atoms with Gasteiger partial charge in [-0.25, -0.2) is 0 Å². The summed E-state index contributed by atoms with van der Waals surface area (Å²) >= 11 is 0. The second-order valence-electron chi connectivity index (χ2n) is 6.57. The Kier molecular flexibility index (Phi) is 5.65. The van der Waals surface area contributed by atoms with E-state index in [0.29, 0.717) is 19.1 Å². The van der Waals surface area contributed by atoms with Gasteiger partial charge in [0, 0.05) is 32.4 Å². The predicted octanol–water partition coefficient (Wildman–Crippen LogP) is 1.63. The van der Waals surface area contributed by atoms with E-state index in [1.54, 1.807) is 17.4 Å². The largest absolute Gasteiger partial charge is 0.467 e. The first kappa shape index (κ1) is 17.4. The molecule has 134 valence electrons. The second kappa shape index (κ2) is 8.11. The minimum atomic E-state index is 0.0931. The van der Waals surface area contributed by atoms with Gasteiger partial charge < -0.3 is 14.2 Å². The number of furan rings is 1. The minimum absolute atomic E-state index is 0.0931. The number of anilines is 1. The van der Waals surface area contributed by atoms with Gasteiger partial charge in [-0.3, -0.25) is 9.69 Å². The van der Waals surface area contributed by atoms with Crippen molar-refractivity contribution in [2.75, 3.05) is 38.6 Å². The number of aromatic nitrogens is 2.